The average Bonchev–Trinajstić information content (AvgIpc) is 2.62. The highest BCUT2D eigenvalue weighted by Gasteiger charge is 2.19. The lowest BCUT2D eigenvalue weighted by molar-refractivity contribution is 0.0593. The number of ether oxygens (including phenoxy) is 1. The molecule has 0 spiro atoms. The summed E-state index contributed by atoms with van der Waals surface area (Å²) in [5.74, 6) is 0.333. The molecule has 0 amide bonds. The second-order valence-corrected chi connectivity index (χ2v) is 4.65. The minimum Gasteiger partial charge on any atom is -0.464 e. The van der Waals surface area contributed by atoms with Crippen LogP contribution in [0.4, 0.5) is 5.82 Å². The Bertz CT molecular complexity index is 422. The topological polar surface area (TPSA) is 55.3 Å². The van der Waals surface area contributed by atoms with Gasteiger partial charge in [0.1, 0.15) is 5.82 Å². The van der Waals surface area contributed by atoms with Gasteiger partial charge in [-0.05, 0) is 19.8 Å². The van der Waals surface area contributed by atoms with Crippen molar-refractivity contribution in [2.45, 2.75) is 38.6 Å². The molecule has 0 bridgehead atoms. The quantitative estimate of drug-likeness (QED) is 0.751. The van der Waals surface area contributed by atoms with Crippen molar-refractivity contribution in [3.63, 3.8) is 0 Å². The first-order valence-electron chi connectivity index (χ1n) is 6.39. The third-order valence-electron chi connectivity index (χ3n) is 3.36. The van der Waals surface area contributed by atoms with E-state index < -0.39 is 5.97 Å². The van der Waals surface area contributed by atoms with Gasteiger partial charge in [0.25, 0.3) is 0 Å². The molecule has 1 atom stereocenters. The molecule has 2 heterocycles. The van der Waals surface area contributed by atoms with Gasteiger partial charge in [-0.2, -0.15) is 0 Å². The zero-order valence-corrected chi connectivity index (χ0v) is 10.9. The molecule has 0 saturated carbocycles. The van der Waals surface area contributed by atoms with Gasteiger partial charge in [-0.3, -0.25) is 4.98 Å². The Balaban J connectivity index is 2.23. The lowest BCUT2D eigenvalue weighted by atomic mass is 10.1. The Morgan fingerprint density at radius 2 is 2.22 bits per heavy atom. The smallest absolute Gasteiger partial charge is 0.358 e. The van der Waals surface area contributed by atoms with E-state index in [1.54, 1.807) is 6.20 Å². The second kappa shape index (κ2) is 5.80. The van der Waals surface area contributed by atoms with Crippen molar-refractivity contribution in [3.8, 4) is 0 Å². The number of rotatable bonds is 2. The van der Waals surface area contributed by atoms with Crippen LogP contribution in [0.25, 0.3) is 0 Å². The van der Waals surface area contributed by atoms with Crippen LogP contribution in [0, 0.1) is 0 Å². The maximum atomic E-state index is 11.5. The number of anilines is 1. The van der Waals surface area contributed by atoms with E-state index in [9.17, 15) is 4.79 Å². The molecule has 0 radical (unpaired) electrons. The Kier molecular flexibility index (Phi) is 4.12. The number of carbonyl (C=O) groups excluding carboxylic acids is 1. The van der Waals surface area contributed by atoms with E-state index in [0.717, 1.165) is 25.2 Å². The third-order valence-corrected chi connectivity index (χ3v) is 3.36. The van der Waals surface area contributed by atoms with Gasteiger partial charge in [0.05, 0.1) is 19.5 Å². The number of hydrogen-bond donors (Lipinski definition) is 0. The molecule has 1 aliphatic heterocycles. The molecule has 0 N–H and O–H groups in total. The molecule has 1 aliphatic rings. The highest BCUT2D eigenvalue weighted by Crippen LogP contribution is 2.21. The fraction of sp³-hybridized carbons (Fsp3) is 0.615. The SMILES string of the molecule is COC(=O)c1cncc(N2CCCCCC2C)n1. The van der Waals surface area contributed by atoms with Crippen LogP contribution < -0.4 is 4.90 Å². The van der Waals surface area contributed by atoms with E-state index in [4.69, 9.17) is 0 Å². The van der Waals surface area contributed by atoms with Gasteiger partial charge in [0.15, 0.2) is 5.69 Å². The van der Waals surface area contributed by atoms with Gasteiger partial charge in [-0.1, -0.05) is 12.8 Å². The highest BCUT2D eigenvalue weighted by molar-refractivity contribution is 5.87. The molecule has 1 unspecified atom stereocenters. The largest absolute Gasteiger partial charge is 0.464 e. The van der Waals surface area contributed by atoms with Crippen molar-refractivity contribution in [3.05, 3.63) is 18.1 Å². The Labute approximate surface area is 107 Å². The van der Waals surface area contributed by atoms with E-state index in [0.29, 0.717) is 6.04 Å². The normalized spacial score (nSPS) is 20.3. The van der Waals surface area contributed by atoms with Crippen molar-refractivity contribution in [2.75, 3.05) is 18.6 Å². The minimum absolute atomic E-state index is 0.270. The summed E-state index contributed by atoms with van der Waals surface area (Å²) in [5.41, 5.74) is 0.270. The van der Waals surface area contributed by atoms with Crippen molar-refractivity contribution in [2.24, 2.45) is 0 Å². The molecule has 1 fully saturated rings. The lowest BCUT2D eigenvalue weighted by Crippen LogP contribution is -2.33. The first-order chi connectivity index (χ1) is 8.72. The van der Waals surface area contributed by atoms with Crippen molar-refractivity contribution in [1.29, 1.82) is 0 Å². The van der Waals surface area contributed by atoms with Crippen LogP contribution in [0.1, 0.15) is 43.1 Å². The first kappa shape index (κ1) is 12.8. The van der Waals surface area contributed by atoms with Gasteiger partial charge < -0.3 is 9.64 Å². The summed E-state index contributed by atoms with van der Waals surface area (Å²) in [6.07, 6.45) is 7.98. The Hall–Kier alpha value is -1.65. The van der Waals surface area contributed by atoms with Crippen LogP contribution in [0.15, 0.2) is 12.4 Å². The lowest BCUT2D eigenvalue weighted by Gasteiger charge is -2.28. The zero-order chi connectivity index (χ0) is 13.0. The number of aromatic nitrogens is 2. The summed E-state index contributed by atoms with van der Waals surface area (Å²) >= 11 is 0. The average molecular weight is 249 g/mol. The summed E-state index contributed by atoms with van der Waals surface area (Å²) in [6.45, 7) is 3.16. The van der Waals surface area contributed by atoms with Gasteiger partial charge in [-0.25, -0.2) is 9.78 Å². The fourth-order valence-electron chi connectivity index (χ4n) is 2.31. The van der Waals surface area contributed by atoms with Crippen LogP contribution in [0.2, 0.25) is 0 Å². The van der Waals surface area contributed by atoms with E-state index in [-0.39, 0.29) is 5.69 Å². The second-order valence-electron chi connectivity index (χ2n) is 4.65. The maximum absolute atomic E-state index is 11.5. The fourth-order valence-corrected chi connectivity index (χ4v) is 2.31. The maximum Gasteiger partial charge on any atom is 0.358 e. The third kappa shape index (κ3) is 2.78. The van der Waals surface area contributed by atoms with Gasteiger partial charge in [0, 0.05) is 12.6 Å². The number of nitrogens with zero attached hydrogens (tertiary/aromatic N) is 3. The van der Waals surface area contributed by atoms with Crippen LogP contribution in [-0.2, 0) is 4.74 Å². The standard InChI is InChI=1S/C13H19N3O2/c1-10-6-4-3-5-7-16(10)12-9-14-8-11(15-12)13(17)18-2/h8-10H,3-7H2,1-2H3. The molecule has 0 aromatic carbocycles. The van der Waals surface area contributed by atoms with E-state index >= 15 is 0 Å². The van der Waals surface area contributed by atoms with Gasteiger partial charge in [-0.15, -0.1) is 0 Å². The molecule has 98 valence electrons. The predicted molar refractivity (Wildman–Crippen MR) is 68.6 cm³/mol. The number of esters is 1. The molecule has 18 heavy (non-hydrogen) atoms. The summed E-state index contributed by atoms with van der Waals surface area (Å²) in [4.78, 5) is 22.1. The highest BCUT2D eigenvalue weighted by atomic mass is 16.5. The van der Waals surface area contributed by atoms with Crippen molar-refractivity contribution >= 4 is 11.8 Å². The monoisotopic (exact) mass is 249 g/mol. The number of carbonyl (C=O) groups is 1. The molecule has 1 aromatic rings. The first-order valence-corrected chi connectivity index (χ1v) is 6.39. The van der Waals surface area contributed by atoms with Crippen LogP contribution >= 0.6 is 0 Å². The Morgan fingerprint density at radius 1 is 1.39 bits per heavy atom. The number of methoxy groups -OCH3 is 1. The van der Waals surface area contributed by atoms with Gasteiger partial charge in [0.2, 0.25) is 0 Å². The van der Waals surface area contributed by atoms with Gasteiger partial charge >= 0.3 is 5.97 Å². The van der Waals surface area contributed by atoms with Crippen molar-refractivity contribution in [1.82, 2.24) is 9.97 Å². The molecule has 1 saturated heterocycles. The van der Waals surface area contributed by atoms with Crippen LogP contribution in [0.5, 0.6) is 0 Å². The van der Waals surface area contributed by atoms with E-state index in [2.05, 4.69) is 26.5 Å². The van der Waals surface area contributed by atoms with Crippen molar-refractivity contribution < 1.29 is 9.53 Å². The molecular weight excluding hydrogens is 230 g/mol. The predicted octanol–water partition coefficient (Wildman–Crippen LogP) is 2.03. The Morgan fingerprint density at radius 3 is 3.00 bits per heavy atom. The van der Waals surface area contributed by atoms with E-state index in [1.807, 2.05) is 0 Å². The number of hydrogen-bond acceptors (Lipinski definition) is 5. The summed E-state index contributed by atoms with van der Waals surface area (Å²) in [5, 5.41) is 0. The van der Waals surface area contributed by atoms with Crippen LogP contribution in [0.3, 0.4) is 0 Å². The zero-order valence-electron chi connectivity index (χ0n) is 10.9. The summed E-state index contributed by atoms with van der Waals surface area (Å²) in [7, 11) is 1.35. The molecule has 0 aliphatic carbocycles. The molecule has 1 aromatic heterocycles. The molecule has 5 nitrogen and oxygen atoms in total. The van der Waals surface area contributed by atoms with Crippen LogP contribution in [-0.4, -0.2) is 35.6 Å². The van der Waals surface area contributed by atoms with E-state index in [1.165, 1.54) is 26.1 Å². The molecule has 5 heteroatoms. The summed E-state index contributed by atoms with van der Waals surface area (Å²) < 4.78 is 4.67. The molecular formula is C13H19N3O2. The molecule has 2 rings (SSSR count). The summed E-state index contributed by atoms with van der Waals surface area (Å²) in [6, 6.07) is 0.440. The minimum atomic E-state index is -0.438.